The zero-order chi connectivity index (χ0) is 21.8. The Morgan fingerprint density at radius 3 is 2.53 bits per heavy atom. The lowest BCUT2D eigenvalue weighted by molar-refractivity contribution is -0.149. The lowest BCUT2D eigenvalue weighted by atomic mass is 9.52. The number of piperidine rings is 1. The number of aliphatic hydroxyl groups is 1. The largest absolute Gasteiger partial charge is 0.508 e. The number of hydrogen-bond acceptors (Lipinski definition) is 4. The van der Waals surface area contributed by atoms with Crippen molar-refractivity contribution >= 4 is 0 Å². The van der Waals surface area contributed by atoms with Crippen molar-refractivity contribution in [2.45, 2.75) is 62.0 Å². The van der Waals surface area contributed by atoms with Crippen LogP contribution in [0.25, 0.3) is 0 Å². The number of nitrogens with zero attached hydrogens (tertiary/aromatic N) is 2. The van der Waals surface area contributed by atoms with Gasteiger partial charge in [-0.3, -0.25) is 4.90 Å². The summed E-state index contributed by atoms with van der Waals surface area (Å²) in [7, 11) is 0. The Morgan fingerprint density at radius 2 is 1.72 bits per heavy atom. The first-order valence-corrected chi connectivity index (χ1v) is 12.6. The Labute approximate surface area is 191 Å². The second-order valence-corrected chi connectivity index (χ2v) is 10.8. The molecule has 1 saturated carbocycles. The van der Waals surface area contributed by atoms with Crippen LogP contribution in [0, 0.1) is 5.92 Å². The first-order valence-electron chi connectivity index (χ1n) is 12.6. The molecule has 3 atom stereocenters. The molecule has 4 heteroatoms. The Kier molecular flexibility index (Phi) is 5.09. The van der Waals surface area contributed by atoms with Crippen molar-refractivity contribution in [2.75, 3.05) is 32.7 Å². The van der Waals surface area contributed by atoms with E-state index in [0.29, 0.717) is 5.75 Å². The minimum Gasteiger partial charge on any atom is -0.508 e. The molecular weight excluding hydrogens is 396 g/mol. The maximum Gasteiger partial charge on any atom is 0.115 e. The van der Waals surface area contributed by atoms with Crippen LogP contribution in [0.2, 0.25) is 0 Å². The van der Waals surface area contributed by atoms with Crippen molar-refractivity contribution in [3.63, 3.8) is 0 Å². The molecule has 2 aliphatic carbocycles. The highest BCUT2D eigenvalue weighted by Crippen LogP contribution is 2.56. The Balaban J connectivity index is 1.31. The standard InChI is InChI=1S/C28H36N2O2/c31-24-9-8-23-18-26-28(32)13-16-29(14-10-21-4-2-1-3-5-21)15-11-27(28,25(23)19-24)12-17-30(26)20-22-6-7-22/h1-5,8-9,19,22,26,31-32H,6-7,10-18,20H2/t26?,27-,28+/m0/s1. The molecule has 4 aliphatic rings. The number of rotatable bonds is 5. The van der Waals surface area contributed by atoms with Gasteiger partial charge in [-0.1, -0.05) is 36.4 Å². The molecule has 0 spiro atoms. The van der Waals surface area contributed by atoms with Crippen molar-refractivity contribution < 1.29 is 10.2 Å². The third-order valence-electron chi connectivity index (χ3n) is 9.08. The predicted octanol–water partition coefficient (Wildman–Crippen LogP) is 3.74. The molecule has 2 aliphatic heterocycles. The van der Waals surface area contributed by atoms with E-state index < -0.39 is 5.60 Å². The van der Waals surface area contributed by atoms with Gasteiger partial charge in [-0.25, -0.2) is 0 Å². The zero-order valence-corrected chi connectivity index (χ0v) is 19.0. The van der Waals surface area contributed by atoms with Crippen LogP contribution in [0.1, 0.15) is 48.8 Å². The molecule has 6 rings (SSSR count). The Bertz CT molecular complexity index is 975. The van der Waals surface area contributed by atoms with E-state index in [4.69, 9.17) is 0 Å². The SMILES string of the molecule is Oc1ccc2c(c1)[C@@]13CCN(CCc4ccccc4)CC[C@@]1(O)C(C2)N(CC1CC1)CC3. The van der Waals surface area contributed by atoms with Gasteiger partial charge in [0.25, 0.3) is 0 Å². The van der Waals surface area contributed by atoms with E-state index in [-0.39, 0.29) is 11.5 Å². The Morgan fingerprint density at radius 1 is 0.938 bits per heavy atom. The summed E-state index contributed by atoms with van der Waals surface area (Å²) in [5.41, 5.74) is 2.99. The summed E-state index contributed by atoms with van der Waals surface area (Å²) in [4.78, 5) is 5.20. The molecule has 2 saturated heterocycles. The van der Waals surface area contributed by atoms with Crippen molar-refractivity contribution in [2.24, 2.45) is 5.92 Å². The highest BCUT2D eigenvalue weighted by molar-refractivity contribution is 5.48. The van der Waals surface area contributed by atoms with Crippen LogP contribution in [0.4, 0.5) is 0 Å². The molecule has 3 fully saturated rings. The summed E-state index contributed by atoms with van der Waals surface area (Å²) >= 11 is 0. The molecule has 2 aromatic rings. The van der Waals surface area contributed by atoms with Gasteiger partial charge in [0.1, 0.15) is 5.75 Å². The summed E-state index contributed by atoms with van der Waals surface area (Å²) in [5, 5.41) is 22.9. The number of fused-ring (bicyclic) bond motifs is 1. The lowest BCUT2D eigenvalue weighted by Gasteiger charge is -2.61. The average Bonchev–Trinajstić information content (AvgIpc) is 3.63. The van der Waals surface area contributed by atoms with Crippen LogP contribution in [0.3, 0.4) is 0 Å². The first-order chi connectivity index (χ1) is 15.6. The molecule has 2 heterocycles. The van der Waals surface area contributed by atoms with Gasteiger partial charge in [0, 0.05) is 31.1 Å². The molecule has 1 unspecified atom stereocenters. The quantitative estimate of drug-likeness (QED) is 0.756. The molecule has 2 aromatic carbocycles. The second kappa shape index (κ2) is 7.86. The Hall–Kier alpha value is -1.88. The van der Waals surface area contributed by atoms with Crippen LogP contribution < -0.4 is 0 Å². The van der Waals surface area contributed by atoms with Gasteiger partial charge < -0.3 is 15.1 Å². The number of likely N-dealkylation sites (tertiary alicyclic amines) is 2. The molecule has 0 amide bonds. The maximum atomic E-state index is 12.5. The van der Waals surface area contributed by atoms with Crippen LogP contribution in [-0.2, 0) is 18.3 Å². The van der Waals surface area contributed by atoms with Crippen molar-refractivity contribution in [1.82, 2.24) is 9.80 Å². The number of hydrogen-bond donors (Lipinski definition) is 2. The van der Waals surface area contributed by atoms with E-state index in [9.17, 15) is 10.2 Å². The topological polar surface area (TPSA) is 46.9 Å². The second-order valence-electron chi connectivity index (χ2n) is 10.8. The molecule has 0 radical (unpaired) electrons. The molecular formula is C28H36N2O2. The van der Waals surface area contributed by atoms with Crippen LogP contribution in [0.15, 0.2) is 48.5 Å². The third-order valence-corrected chi connectivity index (χ3v) is 9.08. The van der Waals surface area contributed by atoms with Crippen molar-refractivity contribution in [3.8, 4) is 5.75 Å². The fourth-order valence-corrected chi connectivity index (χ4v) is 7.07. The smallest absolute Gasteiger partial charge is 0.115 e. The summed E-state index contributed by atoms with van der Waals surface area (Å²) in [6.45, 7) is 5.23. The van der Waals surface area contributed by atoms with Gasteiger partial charge in [0.2, 0.25) is 0 Å². The maximum absolute atomic E-state index is 12.5. The number of benzene rings is 2. The molecule has 4 nitrogen and oxygen atoms in total. The average molecular weight is 433 g/mol. The van der Waals surface area contributed by atoms with Crippen LogP contribution in [-0.4, -0.2) is 64.4 Å². The van der Waals surface area contributed by atoms with Crippen LogP contribution in [0.5, 0.6) is 5.75 Å². The van der Waals surface area contributed by atoms with Crippen molar-refractivity contribution in [1.29, 1.82) is 0 Å². The van der Waals surface area contributed by atoms with Gasteiger partial charge in [-0.2, -0.15) is 0 Å². The monoisotopic (exact) mass is 432 g/mol. The summed E-state index contributed by atoms with van der Waals surface area (Å²) in [5.74, 6) is 1.17. The summed E-state index contributed by atoms with van der Waals surface area (Å²) in [6.07, 6.45) is 7.46. The van der Waals surface area contributed by atoms with E-state index >= 15 is 0 Å². The highest BCUT2D eigenvalue weighted by atomic mass is 16.3. The van der Waals surface area contributed by atoms with E-state index in [0.717, 1.165) is 70.7 Å². The van der Waals surface area contributed by atoms with Gasteiger partial charge in [0.05, 0.1) is 5.60 Å². The molecule has 32 heavy (non-hydrogen) atoms. The minimum atomic E-state index is -0.720. The van der Waals surface area contributed by atoms with E-state index in [1.807, 2.05) is 12.1 Å². The number of aromatic hydroxyl groups is 1. The third kappa shape index (κ3) is 3.39. The minimum absolute atomic E-state index is 0.197. The number of phenolic OH excluding ortho intramolecular Hbond substituents is 1. The molecule has 2 N–H and O–H groups in total. The van der Waals surface area contributed by atoms with E-state index in [1.54, 1.807) is 0 Å². The fraction of sp³-hybridized carbons (Fsp3) is 0.571. The fourth-order valence-electron chi connectivity index (χ4n) is 7.07. The van der Waals surface area contributed by atoms with E-state index in [2.05, 4.69) is 46.2 Å². The number of phenols is 1. The predicted molar refractivity (Wildman–Crippen MR) is 127 cm³/mol. The summed E-state index contributed by atoms with van der Waals surface area (Å²) in [6, 6.07) is 16.9. The molecule has 2 bridgehead atoms. The van der Waals surface area contributed by atoms with Gasteiger partial charge in [-0.05, 0) is 92.8 Å². The summed E-state index contributed by atoms with van der Waals surface area (Å²) < 4.78 is 0. The zero-order valence-electron chi connectivity index (χ0n) is 19.0. The van der Waals surface area contributed by atoms with Crippen molar-refractivity contribution in [3.05, 3.63) is 65.2 Å². The molecule has 170 valence electrons. The van der Waals surface area contributed by atoms with Gasteiger partial charge in [0.15, 0.2) is 0 Å². The first kappa shape index (κ1) is 20.7. The lowest BCUT2D eigenvalue weighted by Crippen LogP contribution is -2.71. The van der Waals surface area contributed by atoms with E-state index in [1.165, 1.54) is 29.5 Å². The van der Waals surface area contributed by atoms with Crippen LogP contribution >= 0.6 is 0 Å². The van der Waals surface area contributed by atoms with Gasteiger partial charge >= 0.3 is 0 Å². The highest BCUT2D eigenvalue weighted by Gasteiger charge is 2.63. The normalized spacial score (nSPS) is 32.7. The van der Waals surface area contributed by atoms with Gasteiger partial charge in [-0.15, -0.1) is 0 Å². The molecule has 0 aromatic heterocycles.